The fourth-order valence-electron chi connectivity index (χ4n) is 2.83. The molecule has 10 nitrogen and oxygen atoms in total. The van der Waals surface area contributed by atoms with E-state index in [1.807, 2.05) is 0 Å². The first-order valence-electron chi connectivity index (χ1n) is 8.78. The molecular formula is C18H18N6O4. The number of carbonyl (C=O) groups is 2. The number of tetrazole rings is 1. The summed E-state index contributed by atoms with van der Waals surface area (Å²) in [5, 5.41) is 15.1. The number of amides is 2. The highest BCUT2D eigenvalue weighted by Crippen LogP contribution is 2.24. The van der Waals surface area contributed by atoms with Gasteiger partial charge in [0.25, 0.3) is 5.91 Å². The quantitative estimate of drug-likeness (QED) is 0.701. The Morgan fingerprint density at radius 3 is 2.71 bits per heavy atom. The van der Waals surface area contributed by atoms with Gasteiger partial charge in [-0.2, -0.15) is 4.80 Å². The molecule has 1 fully saturated rings. The molecule has 0 atom stereocenters. The van der Waals surface area contributed by atoms with Crippen LogP contribution < -0.4 is 5.32 Å². The molecule has 0 unspecified atom stereocenters. The van der Waals surface area contributed by atoms with Gasteiger partial charge in [0.2, 0.25) is 11.7 Å². The molecule has 0 radical (unpaired) electrons. The summed E-state index contributed by atoms with van der Waals surface area (Å²) in [6, 6.07) is 10.3. The van der Waals surface area contributed by atoms with Crippen molar-refractivity contribution in [2.45, 2.75) is 6.54 Å². The van der Waals surface area contributed by atoms with Gasteiger partial charge in [0.15, 0.2) is 5.76 Å². The van der Waals surface area contributed by atoms with Crippen molar-refractivity contribution in [1.29, 1.82) is 0 Å². The zero-order valence-electron chi connectivity index (χ0n) is 14.9. The lowest BCUT2D eigenvalue weighted by atomic mass is 10.1. The molecule has 28 heavy (non-hydrogen) atoms. The number of anilines is 1. The van der Waals surface area contributed by atoms with Crippen LogP contribution in [0.5, 0.6) is 0 Å². The number of para-hydroxylation sites is 1. The summed E-state index contributed by atoms with van der Waals surface area (Å²) in [5.74, 6) is 0.0339. The van der Waals surface area contributed by atoms with Gasteiger partial charge in [-0.3, -0.25) is 9.59 Å². The highest BCUT2D eigenvalue weighted by molar-refractivity contribution is 6.04. The van der Waals surface area contributed by atoms with E-state index in [0.29, 0.717) is 43.4 Å². The van der Waals surface area contributed by atoms with Crippen LogP contribution in [0.3, 0.4) is 0 Å². The van der Waals surface area contributed by atoms with E-state index in [0.717, 1.165) is 0 Å². The zero-order chi connectivity index (χ0) is 19.3. The van der Waals surface area contributed by atoms with E-state index >= 15 is 0 Å². The number of aromatic nitrogens is 4. The van der Waals surface area contributed by atoms with E-state index < -0.39 is 0 Å². The Labute approximate surface area is 160 Å². The van der Waals surface area contributed by atoms with Crippen LogP contribution in [0.15, 0.2) is 47.1 Å². The predicted octanol–water partition coefficient (Wildman–Crippen LogP) is 1.04. The Hall–Kier alpha value is -3.53. The lowest BCUT2D eigenvalue weighted by molar-refractivity contribution is -0.136. The molecule has 144 valence electrons. The number of morpholine rings is 1. The number of furan rings is 1. The normalized spacial score (nSPS) is 14.1. The van der Waals surface area contributed by atoms with E-state index in [4.69, 9.17) is 9.15 Å². The lowest BCUT2D eigenvalue weighted by Crippen LogP contribution is -2.42. The standard InChI is InChI=1S/C18H18N6O4/c25-16(23-7-10-27-11-8-23)12-24-21-17(20-22-24)13-4-1-2-5-14(13)19-18(26)15-6-3-9-28-15/h1-6,9H,7-8,10-12H2,(H,19,26). The second kappa shape index (κ2) is 8.01. The highest BCUT2D eigenvalue weighted by atomic mass is 16.5. The summed E-state index contributed by atoms with van der Waals surface area (Å²) in [4.78, 5) is 27.5. The molecule has 2 aromatic heterocycles. The molecule has 0 saturated carbocycles. The summed E-state index contributed by atoms with van der Waals surface area (Å²) < 4.78 is 10.4. The minimum Gasteiger partial charge on any atom is -0.459 e. The zero-order valence-corrected chi connectivity index (χ0v) is 14.9. The van der Waals surface area contributed by atoms with Gasteiger partial charge in [0, 0.05) is 18.7 Å². The molecule has 3 aromatic rings. The van der Waals surface area contributed by atoms with Crippen LogP contribution in [0.25, 0.3) is 11.4 Å². The van der Waals surface area contributed by atoms with Crippen molar-refractivity contribution >= 4 is 17.5 Å². The van der Waals surface area contributed by atoms with E-state index in [1.165, 1.54) is 11.1 Å². The van der Waals surface area contributed by atoms with Crippen LogP contribution in [0, 0.1) is 0 Å². The number of benzene rings is 1. The van der Waals surface area contributed by atoms with Crippen LogP contribution in [0.2, 0.25) is 0 Å². The van der Waals surface area contributed by atoms with Gasteiger partial charge in [0.05, 0.1) is 25.2 Å². The Kier molecular flexibility index (Phi) is 5.11. The van der Waals surface area contributed by atoms with Crippen molar-refractivity contribution in [3.05, 3.63) is 48.4 Å². The molecule has 0 bridgehead atoms. The smallest absolute Gasteiger partial charge is 0.291 e. The number of rotatable bonds is 5. The molecule has 3 heterocycles. The molecule has 1 N–H and O–H groups in total. The Bertz CT molecular complexity index is 962. The van der Waals surface area contributed by atoms with Gasteiger partial charge in [-0.1, -0.05) is 12.1 Å². The van der Waals surface area contributed by atoms with Gasteiger partial charge in [-0.25, -0.2) is 0 Å². The summed E-state index contributed by atoms with van der Waals surface area (Å²) in [5.41, 5.74) is 1.11. The second-order valence-electron chi connectivity index (χ2n) is 6.11. The fraction of sp³-hybridized carbons (Fsp3) is 0.278. The first-order chi connectivity index (χ1) is 13.7. The van der Waals surface area contributed by atoms with Crippen LogP contribution in [-0.4, -0.2) is 63.2 Å². The van der Waals surface area contributed by atoms with Crippen LogP contribution >= 0.6 is 0 Å². The lowest BCUT2D eigenvalue weighted by Gasteiger charge is -2.26. The Morgan fingerprint density at radius 1 is 1.11 bits per heavy atom. The third kappa shape index (κ3) is 3.91. The summed E-state index contributed by atoms with van der Waals surface area (Å²) in [6.45, 7) is 2.17. The summed E-state index contributed by atoms with van der Waals surface area (Å²) >= 11 is 0. The molecule has 1 saturated heterocycles. The van der Waals surface area contributed by atoms with E-state index in [-0.39, 0.29) is 24.1 Å². The topological polar surface area (TPSA) is 115 Å². The molecule has 0 aliphatic carbocycles. The maximum absolute atomic E-state index is 12.3. The van der Waals surface area contributed by atoms with Gasteiger partial charge in [0.1, 0.15) is 6.54 Å². The number of carbonyl (C=O) groups excluding carboxylic acids is 2. The predicted molar refractivity (Wildman–Crippen MR) is 97.3 cm³/mol. The van der Waals surface area contributed by atoms with Crippen molar-refractivity contribution in [1.82, 2.24) is 25.1 Å². The van der Waals surface area contributed by atoms with Crippen LogP contribution in [-0.2, 0) is 16.1 Å². The number of nitrogens with zero attached hydrogens (tertiary/aromatic N) is 5. The first kappa shape index (κ1) is 17.9. The SMILES string of the molecule is O=C(Nc1ccccc1-c1nnn(CC(=O)N2CCOCC2)n1)c1ccco1. The average Bonchev–Trinajstić information content (AvgIpc) is 3.41. The van der Waals surface area contributed by atoms with Crippen molar-refractivity contribution in [2.24, 2.45) is 0 Å². The van der Waals surface area contributed by atoms with Crippen LogP contribution in [0.1, 0.15) is 10.6 Å². The molecule has 10 heteroatoms. The largest absolute Gasteiger partial charge is 0.459 e. The number of hydrogen-bond donors (Lipinski definition) is 1. The van der Waals surface area contributed by atoms with Crippen molar-refractivity contribution in [2.75, 3.05) is 31.6 Å². The number of nitrogens with one attached hydrogen (secondary N) is 1. The van der Waals surface area contributed by atoms with Crippen molar-refractivity contribution in [3.8, 4) is 11.4 Å². The molecule has 4 rings (SSSR count). The van der Waals surface area contributed by atoms with E-state index in [2.05, 4.69) is 20.7 Å². The van der Waals surface area contributed by atoms with Gasteiger partial charge in [-0.15, -0.1) is 10.2 Å². The third-order valence-electron chi connectivity index (χ3n) is 4.25. The van der Waals surface area contributed by atoms with Crippen LogP contribution in [0.4, 0.5) is 5.69 Å². The Balaban J connectivity index is 1.49. The molecule has 1 aliphatic rings. The second-order valence-corrected chi connectivity index (χ2v) is 6.11. The Morgan fingerprint density at radius 2 is 1.93 bits per heavy atom. The van der Waals surface area contributed by atoms with E-state index in [9.17, 15) is 9.59 Å². The third-order valence-corrected chi connectivity index (χ3v) is 4.25. The molecule has 2 amide bonds. The average molecular weight is 382 g/mol. The molecule has 1 aromatic carbocycles. The highest BCUT2D eigenvalue weighted by Gasteiger charge is 2.19. The summed E-state index contributed by atoms with van der Waals surface area (Å²) in [7, 11) is 0. The van der Waals surface area contributed by atoms with Gasteiger partial charge in [-0.05, 0) is 29.5 Å². The minimum absolute atomic E-state index is 0.00603. The molecular weight excluding hydrogens is 364 g/mol. The van der Waals surface area contributed by atoms with Gasteiger partial charge < -0.3 is 19.4 Å². The van der Waals surface area contributed by atoms with Crippen molar-refractivity contribution < 1.29 is 18.7 Å². The first-order valence-corrected chi connectivity index (χ1v) is 8.78. The molecule has 0 spiro atoms. The van der Waals surface area contributed by atoms with Gasteiger partial charge >= 0.3 is 0 Å². The number of hydrogen-bond acceptors (Lipinski definition) is 7. The minimum atomic E-state index is -0.382. The maximum Gasteiger partial charge on any atom is 0.291 e. The van der Waals surface area contributed by atoms with Crippen molar-refractivity contribution in [3.63, 3.8) is 0 Å². The maximum atomic E-state index is 12.3. The number of ether oxygens (including phenoxy) is 1. The summed E-state index contributed by atoms with van der Waals surface area (Å²) in [6.07, 6.45) is 1.43. The monoisotopic (exact) mass is 382 g/mol. The van der Waals surface area contributed by atoms with E-state index in [1.54, 1.807) is 41.3 Å². The molecule has 1 aliphatic heterocycles. The fourth-order valence-corrected chi connectivity index (χ4v) is 2.83.